The SMILES string of the molecule is CCCNCc1cccc(Cl)c1OC. The molecule has 0 radical (unpaired) electrons. The van der Waals surface area contributed by atoms with Gasteiger partial charge in [0.2, 0.25) is 0 Å². The molecule has 78 valence electrons. The highest BCUT2D eigenvalue weighted by atomic mass is 35.5. The van der Waals surface area contributed by atoms with Crippen LogP contribution in [0.1, 0.15) is 18.9 Å². The number of hydrogen-bond donors (Lipinski definition) is 1. The van der Waals surface area contributed by atoms with Crippen molar-refractivity contribution in [3.05, 3.63) is 28.8 Å². The molecule has 0 aromatic heterocycles. The van der Waals surface area contributed by atoms with E-state index in [-0.39, 0.29) is 0 Å². The third-order valence-corrected chi connectivity index (χ3v) is 2.29. The first-order valence-corrected chi connectivity index (χ1v) is 5.19. The summed E-state index contributed by atoms with van der Waals surface area (Å²) in [6.07, 6.45) is 1.13. The maximum Gasteiger partial charge on any atom is 0.141 e. The normalized spacial score (nSPS) is 10.2. The second-order valence-electron chi connectivity index (χ2n) is 3.11. The number of halogens is 1. The fourth-order valence-corrected chi connectivity index (χ4v) is 1.59. The molecule has 14 heavy (non-hydrogen) atoms. The lowest BCUT2D eigenvalue weighted by Gasteiger charge is -2.10. The molecule has 3 heteroatoms. The molecule has 1 aromatic carbocycles. The van der Waals surface area contributed by atoms with Gasteiger partial charge in [0.25, 0.3) is 0 Å². The van der Waals surface area contributed by atoms with Crippen molar-refractivity contribution in [2.75, 3.05) is 13.7 Å². The number of methoxy groups -OCH3 is 1. The zero-order valence-electron chi connectivity index (χ0n) is 8.64. The van der Waals surface area contributed by atoms with E-state index >= 15 is 0 Å². The maximum absolute atomic E-state index is 5.99. The van der Waals surface area contributed by atoms with Gasteiger partial charge in [-0.25, -0.2) is 0 Å². The fourth-order valence-electron chi connectivity index (χ4n) is 1.32. The third-order valence-electron chi connectivity index (χ3n) is 1.99. The minimum absolute atomic E-state index is 0.670. The number of ether oxygens (including phenoxy) is 1. The Labute approximate surface area is 90.2 Å². The lowest BCUT2D eigenvalue weighted by Crippen LogP contribution is -2.14. The summed E-state index contributed by atoms with van der Waals surface area (Å²) in [4.78, 5) is 0. The van der Waals surface area contributed by atoms with Crippen LogP contribution in [-0.4, -0.2) is 13.7 Å². The van der Waals surface area contributed by atoms with Gasteiger partial charge in [-0.05, 0) is 19.0 Å². The quantitative estimate of drug-likeness (QED) is 0.760. The molecule has 1 aromatic rings. The van der Waals surface area contributed by atoms with Crippen molar-refractivity contribution in [1.82, 2.24) is 5.32 Å². The van der Waals surface area contributed by atoms with Gasteiger partial charge in [-0.1, -0.05) is 30.7 Å². The standard InChI is InChI=1S/C11H16ClNO/c1-3-7-13-8-9-5-4-6-10(12)11(9)14-2/h4-6,13H,3,7-8H2,1-2H3. The predicted octanol–water partition coefficient (Wildman–Crippen LogP) is 2.85. The molecule has 0 bridgehead atoms. The summed E-state index contributed by atoms with van der Waals surface area (Å²) in [7, 11) is 1.64. The van der Waals surface area contributed by atoms with E-state index in [1.54, 1.807) is 7.11 Å². The van der Waals surface area contributed by atoms with Crippen molar-refractivity contribution in [3.63, 3.8) is 0 Å². The van der Waals surface area contributed by atoms with E-state index in [4.69, 9.17) is 16.3 Å². The highest BCUT2D eigenvalue weighted by Crippen LogP contribution is 2.27. The molecule has 0 fully saturated rings. The number of hydrogen-bond acceptors (Lipinski definition) is 2. The molecule has 0 heterocycles. The molecule has 0 aliphatic rings. The van der Waals surface area contributed by atoms with Crippen LogP contribution in [0.3, 0.4) is 0 Å². The summed E-state index contributed by atoms with van der Waals surface area (Å²) in [5, 5.41) is 3.98. The summed E-state index contributed by atoms with van der Waals surface area (Å²) in [5.74, 6) is 0.776. The first-order chi connectivity index (χ1) is 6.79. The van der Waals surface area contributed by atoms with Crippen molar-refractivity contribution in [1.29, 1.82) is 0 Å². The molecule has 0 amide bonds. The molecule has 0 saturated carbocycles. The van der Waals surface area contributed by atoms with Crippen LogP contribution in [0.25, 0.3) is 0 Å². The Balaban J connectivity index is 2.70. The van der Waals surface area contributed by atoms with E-state index in [9.17, 15) is 0 Å². The number of benzene rings is 1. The Morgan fingerprint density at radius 1 is 1.43 bits per heavy atom. The second-order valence-corrected chi connectivity index (χ2v) is 3.52. The summed E-state index contributed by atoms with van der Waals surface area (Å²) >= 11 is 5.99. The van der Waals surface area contributed by atoms with E-state index in [1.165, 1.54) is 0 Å². The van der Waals surface area contributed by atoms with Crippen LogP contribution >= 0.6 is 11.6 Å². The molecule has 2 nitrogen and oxygen atoms in total. The minimum atomic E-state index is 0.670. The second kappa shape index (κ2) is 5.89. The van der Waals surface area contributed by atoms with Gasteiger partial charge in [0.1, 0.15) is 5.75 Å². The molecule has 0 unspecified atom stereocenters. The Morgan fingerprint density at radius 2 is 2.21 bits per heavy atom. The predicted molar refractivity (Wildman–Crippen MR) is 60.0 cm³/mol. The van der Waals surface area contributed by atoms with E-state index in [1.807, 2.05) is 18.2 Å². The van der Waals surface area contributed by atoms with E-state index in [2.05, 4.69) is 12.2 Å². The topological polar surface area (TPSA) is 21.3 Å². The van der Waals surface area contributed by atoms with Crippen LogP contribution in [0.5, 0.6) is 5.75 Å². The van der Waals surface area contributed by atoms with Gasteiger partial charge in [0.15, 0.2) is 0 Å². The van der Waals surface area contributed by atoms with Gasteiger partial charge in [-0.2, -0.15) is 0 Å². The van der Waals surface area contributed by atoms with Crippen molar-refractivity contribution in [2.24, 2.45) is 0 Å². The molecular weight excluding hydrogens is 198 g/mol. The Morgan fingerprint density at radius 3 is 2.86 bits per heavy atom. The van der Waals surface area contributed by atoms with Crippen LogP contribution in [0, 0.1) is 0 Å². The highest BCUT2D eigenvalue weighted by Gasteiger charge is 2.05. The molecule has 0 saturated heterocycles. The largest absolute Gasteiger partial charge is 0.495 e. The average molecular weight is 214 g/mol. The third kappa shape index (κ3) is 2.89. The zero-order chi connectivity index (χ0) is 10.4. The van der Waals surface area contributed by atoms with E-state index in [0.29, 0.717) is 5.02 Å². The lowest BCUT2D eigenvalue weighted by molar-refractivity contribution is 0.408. The Bertz CT molecular complexity index is 289. The summed E-state index contributed by atoms with van der Waals surface area (Å²) in [6, 6.07) is 5.80. The number of para-hydroxylation sites is 1. The molecule has 1 N–H and O–H groups in total. The molecular formula is C11H16ClNO. The van der Waals surface area contributed by atoms with Crippen molar-refractivity contribution in [2.45, 2.75) is 19.9 Å². The Hall–Kier alpha value is -0.730. The summed E-state index contributed by atoms with van der Waals surface area (Å²) in [6.45, 7) is 3.95. The first-order valence-electron chi connectivity index (χ1n) is 4.81. The summed E-state index contributed by atoms with van der Waals surface area (Å²) in [5.41, 5.74) is 1.11. The van der Waals surface area contributed by atoms with Crippen LogP contribution < -0.4 is 10.1 Å². The van der Waals surface area contributed by atoms with Crippen LogP contribution in [0.15, 0.2) is 18.2 Å². The van der Waals surface area contributed by atoms with Crippen molar-refractivity contribution >= 4 is 11.6 Å². The Kier molecular flexibility index (Phi) is 4.77. The number of nitrogens with one attached hydrogen (secondary N) is 1. The number of rotatable bonds is 5. The lowest BCUT2D eigenvalue weighted by atomic mass is 10.2. The average Bonchev–Trinajstić information content (AvgIpc) is 2.18. The van der Waals surface area contributed by atoms with Gasteiger partial charge in [0, 0.05) is 12.1 Å². The van der Waals surface area contributed by atoms with Gasteiger partial charge >= 0.3 is 0 Å². The molecule has 0 spiro atoms. The molecule has 0 atom stereocenters. The van der Waals surface area contributed by atoms with E-state index < -0.39 is 0 Å². The van der Waals surface area contributed by atoms with Crippen molar-refractivity contribution in [3.8, 4) is 5.75 Å². The van der Waals surface area contributed by atoms with Gasteiger partial charge in [-0.15, -0.1) is 0 Å². The smallest absolute Gasteiger partial charge is 0.141 e. The van der Waals surface area contributed by atoms with Crippen LogP contribution in [0.4, 0.5) is 0 Å². The molecule has 1 rings (SSSR count). The van der Waals surface area contributed by atoms with Gasteiger partial charge in [-0.3, -0.25) is 0 Å². The first kappa shape index (κ1) is 11.3. The molecule has 0 aliphatic heterocycles. The van der Waals surface area contributed by atoms with Crippen LogP contribution in [0.2, 0.25) is 5.02 Å². The van der Waals surface area contributed by atoms with Gasteiger partial charge in [0.05, 0.1) is 12.1 Å². The summed E-state index contributed by atoms with van der Waals surface area (Å²) < 4.78 is 5.23. The van der Waals surface area contributed by atoms with Gasteiger partial charge < -0.3 is 10.1 Å². The fraction of sp³-hybridized carbons (Fsp3) is 0.455. The van der Waals surface area contributed by atoms with Crippen LogP contribution in [-0.2, 0) is 6.54 Å². The molecule has 0 aliphatic carbocycles. The maximum atomic E-state index is 5.99. The monoisotopic (exact) mass is 213 g/mol. The highest BCUT2D eigenvalue weighted by molar-refractivity contribution is 6.32. The van der Waals surface area contributed by atoms with E-state index in [0.717, 1.165) is 30.8 Å². The zero-order valence-corrected chi connectivity index (χ0v) is 9.40. The minimum Gasteiger partial charge on any atom is -0.495 e. The van der Waals surface area contributed by atoms with Crippen molar-refractivity contribution < 1.29 is 4.74 Å².